The van der Waals surface area contributed by atoms with Gasteiger partial charge < -0.3 is 33.2 Å². The van der Waals surface area contributed by atoms with Crippen LogP contribution in [0.15, 0.2) is 0 Å². The summed E-state index contributed by atoms with van der Waals surface area (Å²) in [5.74, 6) is 0. The molecule has 0 aliphatic heterocycles. The molecule has 0 radical (unpaired) electrons. The van der Waals surface area contributed by atoms with E-state index in [1.165, 1.54) is 0 Å². The molecule has 0 aromatic carbocycles. The fourth-order valence-corrected chi connectivity index (χ4v) is 2.65. The van der Waals surface area contributed by atoms with Crippen LogP contribution in [0.1, 0.15) is 25.7 Å². The summed E-state index contributed by atoms with van der Waals surface area (Å²) in [6.45, 7) is 6.40. The first kappa shape index (κ1) is 24.2. The van der Waals surface area contributed by atoms with Crippen LogP contribution in [0.3, 0.4) is 0 Å². The SMILES string of the molecule is COCCOCCOCCOCCOCCOCCOC1(C#N)CCCC1. The van der Waals surface area contributed by atoms with Crippen molar-refractivity contribution < 1.29 is 33.2 Å². The summed E-state index contributed by atoms with van der Waals surface area (Å²) < 4.78 is 37.5. The molecular weight excluding hydrogens is 354 g/mol. The summed E-state index contributed by atoms with van der Waals surface area (Å²) in [6, 6.07) is 2.30. The molecule has 1 rings (SSSR count). The molecule has 1 saturated carbocycles. The average molecular weight is 389 g/mol. The van der Waals surface area contributed by atoms with Gasteiger partial charge in [-0.05, 0) is 25.7 Å². The molecule has 158 valence electrons. The Balaban J connectivity index is 1.72. The van der Waals surface area contributed by atoms with E-state index in [4.69, 9.17) is 33.2 Å². The molecule has 0 saturated heterocycles. The van der Waals surface area contributed by atoms with Gasteiger partial charge in [0.2, 0.25) is 0 Å². The van der Waals surface area contributed by atoms with Crippen molar-refractivity contribution in [2.45, 2.75) is 31.3 Å². The highest BCUT2D eigenvalue weighted by Gasteiger charge is 2.34. The lowest BCUT2D eigenvalue weighted by Crippen LogP contribution is -2.28. The van der Waals surface area contributed by atoms with Gasteiger partial charge in [-0.2, -0.15) is 5.26 Å². The van der Waals surface area contributed by atoms with Crippen LogP contribution in [0.2, 0.25) is 0 Å². The Hall–Kier alpha value is -0.790. The Morgan fingerprint density at radius 2 is 1.00 bits per heavy atom. The van der Waals surface area contributed by atoms with Crippen LogP contribution in [0.25, 0.3) is 0 Å². The topological polar surface area (TPSA) is 88.4 Å². The standard InChI is InChI=1S/C19H35NO7/c1-21-6-7-22-8-9-23-10-11-24-12-13-25-14-15-26-16-17-27-19(18-20)4-2-3-5-19/h2-17H2,1H3. The highest BCUT2D eigenvalue weighted by Crippen LogP contribution is 2.32. The first-order valence-electron chi connectivity index (χ1n) is 9.76. The van der Waals surface area contributed by atoms with Gasteiger partial charge in [-0.15, -0.1) is 0 Å². The monoisotopic (exact) mass is 389 g/mol. The third kappa shape index (κ3) is 13.1. The van der Waals surface area contributed by atoms with Gasteiger partial charge in [0.15, 0.2) is 5.60 Å². The lowest BCUT2D eigenvalue weighted by Gasteiger charge is -2.20. The third-order valence-electron chi connectivity index (χ3n) is 4.14. The first-order chi connectivity index (χ1) is 13.3. The van der Waals surface area contributed by atoms with Crippen LogP contribution < -0.4 is 0 Å². The van der Waals surface area contributed by atoms with Gasteiger partial charge in [-0.1, -0.05) is 0 Å². The van der Waals surface area contributed by atoms with Crippen LogP contribution >= 0.6 is 0 Å². The molecule has 0 heterocycles. The quantitative estimate of drug-likeness (QED) is 0.308. The third-order valence-corrected chi connectivity index (χ3v) is 4.14. The molecule has 0 aromatic heterocycles. The molecule has 0 unspecified atom stereocenters. The van der Waals surface area contributed by atoms with Gasteiger partial charge in [-0.25, -0.2) is 0 Å². The molecule has 0 amide bonds. The molecule has 0 N–H and O–H groups in total. The van der Waals surface area contributed by atoms with Crippen molar-refractivity contribution in [3.8, 4) is 6.07 Å². The Labute approximate surface area is 162 Å². The fourth-order valence-electron chi connectivity index (χ4n) is 2.65. The number of ether oxygens (including phenoxy) is 7. The number of hydrogen-bond acceptors (Lipinski definition) is 8. The van der Waals surface area contributed by atoms with E-state index in [2.05, 4.69) is 6.07 Å². The van der Waals surface area contributed by atoms with E-state index < -0.39 is 5.60 Å². The Bertz CT molecular complexity index is 370. The van der Waals surface area contributed by atoms with Crippen molar-refractivity contribution in [3.05, 3.63) is 0 Å². The second-order valence-corrected chi connectivity index (χ2v) is 6.22. The fraction of sp³-hybridized carbons (Fsp3) is 0.947. The first-order valence-corrected chi connectivity index (χ1v) is 9.76. The van der Waals surface area contributed by atoms with Gasteiger partial charge >= 0.3 is 0 Å². The smallest absolute Gasteiger partial charge is 0.154 e. The van der Waals surface area contributed by atoms with Gasteiger partial charge in [-0.3, -0.25) is 0 Å². The molecule has 1 fully saturated rings. The average Bonchev–Trinajstić information content (AvgIpc) is 3.16. The minimum absolute atomic E-state index is 0.452. The molecule has 8 heteroatoms. The minimum Gasteiger partial charge on any atom is -0.382 e. The molecule has 1 aliphatic rings. The predicted molar refractivity (Wildman–Crippen MR) is 98.7 cm³/mol. The lowest BCUT2D eigenvalue weighted by molar-refractivity contribution is -0.0433. The van der Waals surface area contributed by atoms with Crippen LogP contribution in [-0.2, 0) is 33.2 Å². The minimum atomic E-state index is -0.571. The van der Waals surface area contributed by atoms with Crippen LogP contribution in [0.5, 0.6) is 0 Å². The van der Waals surface area contributed by atoms with Crippen LogP contribution in [0.4, 0.5) is 0 Å². The molecular formula is C19H35NO7. The van der Waals surface area contributed by atoms with Gasteiger partial charge in [0.1, 0.15) is 0 Å². The summed E-state index contributed by atoms with van der Waals surface area (Å²) in [5, 5.41) is 9.19. The van der Waals surface area contributed by atoms with E-state index in [0.29, 0.717) is 79.3 Å². The summed E-state index contributed by atoms with van der Waals surface area (Å²) in [4.78, 5) is 0. The van der Waals surface area contributed by atoms with Crippen LogP contribution in [-0.4, -0.2) is 92.0 Å². The lowest BCUT2D eigenvalue weighted by atomic mass is 10.1. The molecule has 0 atom stereocenters. The number of nitrogens with zero attached hydrogens (tertiary/aromatic N) is 1. The molecule has 1 aliphatic carbocycles. The predicted octanol–water partition coefficient (Wildman–Crippen LogP) is 1.57. The maximum absolute atomic E-state index is 9.19. The highest BCUT2D eigenvalue weighted by molar-refractivity contribution is 5.04. The Kier molecular flexibility index (Phi) is 15.6. The largest absolute Gasteiger partial charge is 0.382 e. The zero-order chi connectivity index (χ0) is 19.5. The van der Waals surface area contributed by atoms with Gasteiger partial charge in [0.25, 0.3) is 0 Å². The van der Waals surface area contributed by atoms with E-state index >= 15 is 0 Å². The highest BCUT2D eigenvalue weighted by atomic mass is 16.6. The number of methoxy groups -OCH3 is 1. The van der Waals surface area contributed by atoms with Gasteiger partial charge in [0, 0.05) is 7.11 Å². The Morgan fingerprint density at radius 3 is 1.37 bits per heavy atom. The maximum Gasteiger partial charge on any atom is 0.154 e. The van der Waals surface area contributed by atoms with Gasteiger partial charge in [0.05, 0.1) is 85.4 Å². The van der Waals surface area contributed by atoms with E-state index in [-0.39, 0.29) is 0 Å². The van der Waals surface area contributed by atoms with E-state index in [1.807, 2.05) is 0 Å². The van der Waals surface area contributed by atoms with Crippen molar-refractivity contribution in [1.82, 2.24) is 0 Å². The number of nitriles is 1. The second kappa shape index (κ2) is 17.3. The molecule has 0 spiro atoms. The summed E-state index contributed by atoms with van der Waals surface area (Å²) >= 11 is 0. The zero-order valence-electron chi connectivity index (χ0n) is 16.6. The summed E-state index contributed by atoms with van der Waals surface area (Å²) in [7, 11) is 1.65. The van der Waals surface area contributed by atoms with Crippen molar-refractivity contribution in [3.63, 3.8) is 0 Å². The molecule has 0 aromatic rings. The Morgan fingerprint density at radius 1 is 0.630 bits per heavy atom. The van der Waals surface area contributed by atoms with Crippen molar-refractivity contribution in [1.29, 1.82) is 5.26 Å². The molecule has 27 heavy (non-hydrogen) atoms. The van der Waals surface area contributed by atoms with Crippen molar-refractivity contribution in [2.24, 2.45) is 0 Å². The second-order valence-electron chi connectivity index (χ2n) is 6.22. The normalized spacial score (nSPS) is 15.9. The number of hydrogen-bond donors (Lipinski definition) is 0. The zero-order valence-corrected chi connectivity index (χ0v) is 16.6. The van der Waals surface area contributed by atoms with Crippen molar-refractivity contribution in [2.75, 3.05) is 86.4 Å². The van der Waals surface area contributed by atoms with E-state index in [1.54, 1.807) is 7.11 Å². The van der Waals surface area contributed by atoms with Crippen LogP contribution in [0, 0.1) is 11.3 Å². The summed E-state index contributed by atoms with van der Waals surface area (Å²) in [6.07, 6.45) is 3.80. The van der Waals surface area contributed by atoms with E-state index in [0.717, 1.165) is 25.7 Å². The van der Waals surface area contributed by atoms with Crippen molar-refractivity contribution >= 4 is 0 Å². The molecule has 8 nitrogen and oxygen atoms in total. The van der Waals surface area contributed by atoms with E-state index in [9.17, 15) is 5.26 Å². The summed E-state index contributed by atoms with van der Waals surface area (Å²) in [5.41, 5.74) is -0.571. The number of rotatable bonds is 19. The maximum atomic E-state index is 9.19. The molecule has 0 bridgehead atoms.